The lowest BCUT2D eigenvalue weighted by molar-refractivity contribution is -0.144. The zero-order chi connectivity index (χ0) is 15.3. The Balaban J connectivity index is 2.48. The summed E-state index contributed by atoms with van der Waals surface area (Å²) in [4.78, 5) is 11.3. The second-order valence-corrected chi connectivity index (χ2v) is 5.64. The largest absolute Gasteiger partial charge is 0.480 e. The summed E-state index contributed by atoms with van der Waals surface area (Å²) in [5, 5.41) is 16.8. The summed E-state index contributed by atoms with van der Waals surface area (Å²) in [5.74, 6) is -0.777. The minimum Gasteiger partial charge on any atom is -0.480 e. The minimum atomic E-state index is -0.820. The number of likely N-dealkylation sites (N-methyl/N-ethyl adjacent to an activating group) is 1. The van der Waals surface area contributed by atoms with E-state index in [0.29, 0.717) is 13.0 Å². The van der Waals surface area contributed by atoms with E-state index < -0.39 is 11.5 Å². The summed E-state index contributed by atoms with van der Waals surface area (Å²) in [5.41, 5.74) is 2.70. The van der Waals surface area contributed by atoms with Crippen LogP contribution in [0.15, 0.2) is 0 Å². The van der Waals surface area contributed by atoms with Gasteiger partial charge in [-0.1, -0.05) is 6.92 Å². The zero-order valence-electron chi connectivity index (χ0n) is 13.3. The monoisotopic (exact) mass is 281 g/mol. The highest BCUT2D eigenvalue weighted by Crippen LogP contribution is 2.16. The number of carboxylic acids is 1. The lowest BCUT2D eigenvalue weighted by atomic mass is 9.95. The lowest BCUT2D eigenvalue weighted by Crippen LogP contribution is -2.49. The van der Waals surface area contributed by atoms with Crippen molar-refractivity contribution in [1.82, 2.24) is 15.1 Å². The molecular formula is C15H27N3O2. The van der Waals surface area contributed by atoms with Gasteiger partial charge in [-0.2, -0.15) is 5.10 Å². The highest BCUT2D eigenvalue weighted by Gasteiger charge is 2.30. The first-order chi connectivity index (χ1) is 9.31. The van der Waals surface area contributed by atoms with Crippen molar-refractivity contribution in [1.29, 1.82) is 0 Å². The number of rotatable bonds is 8. The van der Waals surface area contributed by atoms with E-state index in [-0.39, 0.29) is 0 Å². The van der Waals surface area contributed by atoms with Gasteiger partial charge in [-0.15, -0.1) is 0 Å². The Hall–Kier alpha value is -1.36. The van der Waals surface area contributed by atoms with Crippen LogP contribution < -0.4 is 5.32 Å². The van der Waals surface area contributed by atoms with Gasteiger partial charge in [-0.3, -0.25) is 9.48 Å². The van der Waals surface area contributed by atoms with Crippen molar-refractivity contribution in [2.24, 2.45) is 0 Å². The number of nitrogens with zero attached hydrogens (tertiary/aromatic N) is 2. The van der Waals surface area contributed by atoms with E-state index >= 15 is 0 Å². The summed E-state index contributed by atoms with van der Waals surface area (Å²) in [6.07, 6.45) is 2.44. The van der Waals surface area contributed by atoms with Gasteiger partial charge in [0.2, 0.25) is 0 Å². The second-order valence-electron chi connectivity index (χ2n) is 5.64. The van der Waals surface area contributed by atoms with Gasteiger partial charge in [-0.05, 0) is 59.1 Å². The first-order valence-corrected chi connectivity index (χ1v) is 7.31. The van der Waals surface area contributed by atoms with E-state index in [9.17, 15) is 9.90 Å². The van der Waals surface area contributed by atoms with Crippen molar-refractivity contribution in [2.45, 2.75) is 66.0 Å². The molecule has 5 heteroatoms. The molecule has 1 unspecified atom stereocenters. The maximum absolute atomic E-state index is 11.3. The van der Waals surface area contributed by atoms with Crippen molar-refractivity contribution in [2.75, 3.05) is 6.54 Å². The van der Waals surface area contributed by atoms with Crippen LogP contribution in [0.2, 0.25) is 0 Å². The zero-order valence-corrected chi connectivity index (χ0v) is 13.3. The number of aliphatic carboxylic acids is 1. The number of hydrogen-bond acceptors (Lipinski definition) is 3. The van der Waals surface area contributed by atoms with Crippen LogP contribution >= 0.6 is 0 Å². The Labute approximate surface area is 121 Å². The Kier molecular flexibility index (Phi) is 5.74. The number of carboxylic acid groups (broad SMARTS) is 1. The van der Waals surface area contributed by atoms with Crippen LogP contribution in [-0.4, -0.2) is 32.9 Å². The molecule has 1 aromatic rings. The number of aryl methyl sites for hydroxylation is 2. The molecule has 1 atom stereocenters. The van der Waals surface area contributed by atoms with Crippen LogP contribution in [-0.2, 0) is 11.3 Å². The highest BCUT2D eigenvalue weighted by molar-refractivity contribution is 5.78. The van der Waals surface area contributed by atoms with Crippen LogP contribution in [0.5, 0.6) is 0 Å². The van der Waals surface area contributed by atoms with Crippen LogP contribution in [0.4, 0.5) is 0 Å². The molecular weight excluding hydrogens is 254 g/mol. The van der Waals surface area contributed by atoms with Crippen LogP contribution in [0.1, 0.15) is 50.1 Å². The average molecular weight is 281 g/mol. The molecule has 20 heavy (non-hydrogen) atoms. The third-order valence-electron chi connectivity index (χ3n) is 4.08. The van der Waals surface area contributed by atoms with Gasteiger partial charge in [0.05, 0.1) is 5.69 Å². The molecule has 0 aliphatic heterocycles. The van der Waals surface area contributed by atoms with Crippen LogP contribution in [0.25, 0.3) is 0 Å². The molecule has 5 nitrogen and oxygen atoms in total. The molecule has 0 saturated carbocycles. The third kappa shape index (κ3) is 3.82. The second kappa shape index (κ2) is 6.88. The fraction of sp³-hybridized carbons (Fsp3) is 0.733. The average Bonchev–Trinajstić information content (AvgIpc) is 2.62. The fourth-order valence-electron chi connectivity index (χ4n) is 2.41. The molecule has 1 heterocycles. The van der Waals surface area contributed by atoms with Gasteiger partial charge in [-0.25, -0.2) is 0 Å². The van der Waals surface area contributed by atoms with E-state index in [1.165, 1.54) is 11.3 Å². The Morgan fingerprint density at radius 2 is 2.00 bits per heavy atom. The Bertz CT molecular complexity index is 468. The minimum absolute atomic E-state index is 0.633. The van der Waals surface area contributed by atoms with Gasteiger partial charge in [0.25, 0.3) is 0 Å². The van der Waals surface area contributed by atoms with Gasteiger partial charge in [0.15, 0.2) is 0 Å². The normalized spacial score (nSPS) is 14.2. The number of nitrogens with one attached hydrogen (secondary N) is 1. The van der Waals surface area contributed by atoms with E-state index in [1.807, 2.05) is 18.5 Å². The molecule has 0 saturated heterocycles. The maximum Gasteiger partial charge on any atom is 0.323 e. The summed E-state index contributed by atoms with van der Waals surface area (Å²) in [6.45, 7) is 11.4. The number of hydrogen-bond donors (Lipinski definition) is 2. The lowest BCUT2D eigenvalue weighted by Gasteiger charge is -2.25. The molecule has 0 bridgehead atoms. The summed E-state index contributed by atoms with van der Waals surface area (Å²) >= 11 is 0. The van der Waals surface area contributed by atoms with E-state index in [1.54, 1.807) is 6.92 Å². The molecule has 0 fully saturated rings. The van der Waals surface area contributed by atoms with E-state index in [2.05, 4.69) is 24.3 Å². The summed E-state index contributed by atoms with van der Waals surface area (Å²) < 4.78 is 2.02. The van der Waals surface area contributed by atoms with E-state index in [4.69, 9.17) is 0 Å². The molecule has 0 spiro atoms. The standard InChI is InChI=1S/C15H27N3O2/c1-6-16-15(5,14(19)20)9-7-8-10-18-13(4)11(2)12(3)17-18/h16H,6-10H2,1-5H3,(H,19,20). The number of aromatic nitrogens is 2. The predicted molar refractivity (Wildman–Crippen MR) is 80.0 cm³/mol. The molecule has 1 rings (SSSR count). The highest BCUT2D eigenvalue weighted by atomic mass is 16.4. The van der Waals surface area contributed by atoms with Gasteiger partial charge < -0.3 is 10.4 Å². The van der Waals surface area contributed by atoms with Crippen molar-refractivity contribution in [3.05, 3.63) is 17.0 Å². The van der Waals surface area contributed by atoms with Gasteiger partial charge in [0, 0.05) is 12.2 Å². The topological polar surface area (TPSA) is 67.2 Å². The maximum atomic E-state index is 11.3. The molecule has 0 amide bonds. The number of carbonyl (C=O) groups is 1. The molecule has 0 aliphatic carbocycles. The SMILES string of the molecule is CCNC(C)(CCCCn1nc(C)c(C)c1C)C(=O)O. The summed E-state index contributed by atoms with van der Waals surface area (Å²) in [6, 6.07) is 0. The molecule has 0 radical (unpaired) electrons. The first kappa shape index (κ1) is 16.7. The predicted octanol–water partition coefficient (Wildman–Crippen LogP) is 2.43. The van der Waals surface area contributed by atoms with Crippen molar-refractivity contribution < 1.29 is 9.90 Å². The molecule has 114 valence electrons. The van der Waals surface area contributed by atoms with Crippen LogP contribution in [0, 0.1) is 20.8 Å². The molecule has 1 aromatic heterocycles. The number of unbranched alkanes of at least 4 members (excludes halogenated alkanes) is 1. The smallest absolute Gasteiger partial charge is 0.323 e. The molecule has 2 N–H and O–H groups in total. The molecule has 0 aromatic carbocycles. The fourth-order valence-corrected chi connectivity index (χ4v) is 2.41. The van der Waals surface area contributed by atoms with Crippen molar-refractivity contribution in [3.63, 3.8) is 0 Å². The first-order valence-electron chi connectivity index (χ1n) is 7.31. The van der Waals surface area contributed by atoms with Gasteiger partial charge in [0.1, 0.15) is 5.54 Å². The molecule has 0 aliphatic rings. The van der Waals surface area contributed by atoms with E-state index in [0.717, 1.165) is 25.1 Å². The summed E-state index contributed by atoms with van der Waals surface area (Å²) in [7, 11) is 0. The third-order valence-corrected chi connectivity index (χ3v) is 4.08. The van der Waals surface area contributed by atoms with Crippen molar-refractivity contribution >= 4 is 5.97 Å². The quantitative estimate of drug-likeness (QED) is 0.718. The Morgan fingerprint density at radius 3 is 2.45 bits per heavy atom. The Morgan fingerprint density at radius 1 is 1.35 bits per heavy atom. The van der Waals surface area contributed by atoms with Gasteiger partial charge >= 0.3 is 5.97 Å². The van der Waals surface area contributed by atoms with Crippen LogP contribution in [0.3, 0.4) is 0 Å². The van der Waals surface area contributed by atoms with Crippen molar-refractivity contribution in [3.8, 4) is 0 Å².